The standard InChI is InChI=1S/C23H27NO4/c1-5-8-17-11-12-19(24-21(17)6-2)14-28-20-10-7-9-18(13-20)23(3,4)16-27-15-22(25)26/h5-13H,2,14-16H2,1,3-4H3,(H,25,26)/b8-5-. The summed E-state index contributed by atoms with van der Waals surface area (Å²) < 4.78 is 11.2. The highest BCUT2D eigenvalue weighted by atomic mass is 16.5. The topological polar surface area (TPSA) is 68.7 Å². The zero-order valence-corrected chi connectivity index (χ0v) is 16.6. The van der Waals surface area contributed by atoms with Crippen LogP contribution in [0.4, 0.5) is 0 Å². The first-order valence-corrected chi connectivity index (χ1v) is 9.13. The smallest absolute Gasteiger partial charge is 0.329 e. The van der Waals surface area contributed by atoms with E-state index in [2.05, 4.69) is 11.6 Å². The Labute approximate surface area is 166 Å². The van der Waals surface area contributed by atoms with E-state index in [9.17, 15) is 4.79 Å². The third kappa shape index (κ3) is 6.06. The summed E-state index contributed by atoms with van der Waals surface area (Å²) in [6.45, 7) is 10.1. The van der Waals surface area contributed by atoms with Crippen LogP contribution < -0.4 is 4.74 Å². The molecule has 0 saturated heterocycles. The number of hydrogen-bond acceptors (Lipinski definition) is 4. The lowest BCUT2D eigenvalue weighted by Gasteiger charge is -2.25. The number of rotatable bonds is 10. The fourth-order valence-electron chi connectivity index (χ4n) is 2.73. The number of carboxylic acid groups (broad SMARTS) is 1. The minimum atomic E-state index is -0.972. The largest absolute Gasteiger partial charge is 0.487 e. The van der Waals surface area contributed by atoms with E-state index in [1.165, 1.54) is 0 Å². The van der Waals surface area contributed by atoms with E-state index in [1.807, 2.05) is 69.3 Å². The van der Waals surface area contributed by atoms with Crippen molar-refractivity contribution < 1.29 is 19.4 Å². The SMILES string of the molecule is C=Cc1nc(COc2cccc(C(C)(C)COCC(=O)O)c2)ccc1/C=C\C. The normalized spacial score (nSPS) is 11.5. The van der Waals surface area contributed by atoms with Crippen LogP contribution in [-0.4, -0.2) is 29.3 Å². The van der Waals surface area contributed by atoms with Crippen molar-refractivity contribution in [2.75, 3.05) is 13.2 Å². The molecule has 1 N–H and O–H groups in total. The molecule has 0 aliphatic carbocycles. The van der Waals surface area contributed by atoms with E-state index in [0.717, 1.165) is 28.3 Å². The van der Waals surface area contributed by atoms with E-state index in [4.69, 9.17) is 14.6 Å². The summed E-state index contributed by atoms with van der Waals surface area (Å²) in [6.07, 6.45) is 5.69. The van der Waals surface area contributed by atoms with E-state index in [1.54, 1.807) is 6.08 Å². The molecule has 0 amide bonds. The van der Waals surface area contributed by atoms with Crippen LogP contribution in [0, 0.1) is 0 Å². The van der Waals surface area contributed by atoms with Gasteiger partial charge in [-0.2, -0.15) is 0 Å². The van der Waals surface area contributed by atoms with Gasteiger partial charge in [0, 0.05) is 5.41 Å². The zero-order chi connectivity index (χ0) is 20.6. The molecule has 2 aromatic rings. The van der Waals surface area contributed by atoms with Gasteiger partial charge < -0.3 is 14.6 Å². The lowest BCUT2D eigenvalue weighted by atomic mass is 9.85. The summed E-state index contributed by atoms with van der Waals surface area (Å²) in [4.78, 5) is 15.2. The second-order valence-corrected chi connectivity index (χ2v) is 7.07. The minimum absolute atomic E-state index is 0.305. The number of ether oxygens (including phenoxy) is 2. The fraction of sp³-hybridized carbons (Fsp3) is 0.304. The van der Waals surface area contributed by atoms with E-state index in [-0.39, 0.29) is 12.0 Å². The molecule has 5 nitrogen and oxygen atoms in total. The number of aromatic nitrogens is 1. The summed E-state index contributed by atoms with van der Waals surface area (Å²) in [6, 6.07) is 11.7. The number of carboxylic acids is 1. The number of allylic oxidation sites excluding steroid dienone is 1. The van der Waals surface area contributed by atoms with Gasteiger partial charge in [0.1, 0.15) is 19.0 Å². The molecule has 0 atom stereocenters. The van der Waals surface area contributed by atoms with E-state index in [0.29, 0.717) is 13.2 Å². The minimum Gasteiger partial charge on any atom is -0.487 e. The molecule has 148 valence electrons. The number of nitrogens with zero attached hydrogens (tertiary/aromatic N) is 1. The summed E-state index contributed by atoms with van der Waals surface area (Å²) in [5, 5.41) is 8.73. The quantitative estimate of drug-likeness (QED) is 0.645. The highest BCUT2D eigenvalue weighted by Crippen LogP contribution is 2.27. The Morgan fingerprint density at radius 3 is 2.75 bits per heavy atom. The van der Waals surface area contributed by atoms with Crippen molar-refractivity contribution >= 4 is 18.1 Å². The average molecular weight is 381 g/mol. The molecule has 1 aromatic carbocycles. The first-order valence-electron chi connectivity index (χ1n) is 9.13. The van der Waals surface area contributed by atoms with Crippen LogP contribution >= 0.6 is 0 Å². The molecule has 0 fully saturated rings. The molecular formula is C23H27NO4. The predicted octanol–water partition coefficient (Wildman–Crippen LogP) is 4.72. The Morgan fingerprint density at radius 1 is 1.29 bits per heavy atom. The molecule has 2 rings (SSSR count). The summed E-state index contributed by atoms with van der Waals surface area (Å²) in [5.41, 5.74) is 3.34. The van der Waals surface area contributed by atoms with Crippen LogP contribution in [0.15, 0.2) is 49.1 Å². The van der Waals surface area contributed by atoms with Gasteiger partial charge in [0.25, 0.3) is 0 Å². The maximum atomic E-state index is 10.6. The molecule has 0 saturated carbocycles. The van der Waals surface area contributed by atoms with Gasteiger partial charge in [0.05, 0.1) is 18.0 Å². The predicted molar refractivity (Wildman–Crippen MR) is 111 cm³/mol. The fourth-order valence-corrected chi connectivity index (χ4v) is 2.73. The highest BCUT2D eigenvalue weighted by Gasteiger charge is 2.22. The first-order chi connectivity index (χ1) is 13.4. The number of aliphatic carboxylic acids is 1. The maximum Gasteiger partial charge on any atom is 0.329 e. The first kappa shape index (κ1) is 21.4. The Morgan fingerprint density at radius 2 is 2.07 bits per heavy atom. The number of benzene rings is 1. The Bertz CT molecular complexity index is 855. The zero-order valence-electron chi connectivity index (χ0n) is 16.6. The highest BCUT2D eigenvalue weighted by molar-refractivity contribution is 5.68. The molecule has 5 heteroatoms. The third-order valence-corrected chi connectivity index (χ3v) is 4.25. The van der Waals surface area contributed by atoms with Gasteiger partial charge in [0.2, 0.25) is 0 Å². The van der Waals surface area contributed by atoms with Gasteiger partial charge >= 0.3 is 5.97 Å². The van der Waals surface area contributed by atoms with E-state index < -0.39 is 5.97 Å². The van der Waals surface area contributed by atoms with E-state index >= 15 is 0 Å². The van der Waals surface area contributed by atoms with Crippen LogP contribution in [0.1, 0.15) is 43.3 Å². The molecular weight excluding hydrogens is 354 g/mol. The third-order valence-electron chi connectivity index (χ3n) is 4.25. The van der Waals surface area contributed by atoms with Crippen molar-refractivity contribution in [1.29, 1.82) is 0 Å². The van der Waals surface area contributed by atoms with Crippen LogP contribution in [-0.2, 0) is 21.6 Å². The van der Waals surface area contributed by atoms with Gasteiger partial charge in [-0.15, -0.1) is 0 Å². The summed E-state index contributed by atoms with van der Waals surface area (Å²) in [7, 11) is 0. The molecule has 0 aliphatic heterocycles. The second kappa shape index (κ2) is 9.85. The van der Waals surface area contributed by atoms with Gasteiger partial charge in [-0.05, 0) is 42.3 Å². The van der Waals surface area contributed by atoms with Crippen LogP contribution in [0.3, 0.4) is 0 Å². The molecule has 0 spiro atoms. The molecule has 0 unspecified atom stereocenters. The van der Waals surface area contributed by atoms with Crippen LogP contribution in [0.25, 0.3) is 12.2 Å². The molecule has 0 bridgehead atoms. The second-order valence-electron chi connectivity index (χ2n) is 7.07. The monoisotopic (exact) mass is 381 g/mol. The molecule has 1 aromatic heterocycles. The Balaban J connectivity index is 2.06. The summed E-state index contributed by atoms with van der Waals surface area (Å²) in [5.74, 6) is -0.247. The Kier molecular flexibility index (Phi) is 7.52. The van der Waals surface area contributed by atoms with Crippen LogP contribution in [0.5, 0.6) is 5.75 Å². The van der Waals surface area contributed by atoms with Gasteiger partial charge in [0.15, 0.2) is 0 Å². The molecule has 28 heavy (non-hydrogen) atoms. The number of pyridine rings is 1. The van der Waals surface area contributed by atoms with Crippen molar-refractivity contribution in [3.05, 3.63) is 71.6 Å². The molecule has 0 radical (unpaired) electrons. The van der Waals surface area contributed by atoms with Gasteiger partial charge in [-0.1, -0.05) is 50.8 Å². The summed E-state index contributed by atoms with van der Waals surface area (Å²) >= 11 is 0. The van der Waals surface area contributed by atoms with Gasteiger partial charge in [-0.25, -0.2) is 9.78 Å². The van der Waals surface area contributed by atoms with Crippen molar-refractivity contribution in [1.82, 2.24) is 4.98 Å². The maximum absolute atomic E-state index is 10.6. The number of hydrogen-bond donors (Lipinski definition) is 1. The van der Waals surface area contributed by atoms with Crippen LogP contribution in [0.2, 0.25) is 0 Å². The number of carbonyl (C=O) groups is 1. The van der Waals surface area contributed by atoms with Crippen molar-refractivity contribution in [3.63, 3.8) is 0 Å². The lowest BCUT2D eigenvalue weighted by Crippen LogP contribution is -2.26. The van der Waals surface area contributed by atoms with Crippen molar-refractivity contribution in [2.24, 2.45) is 0 Å². The Hall–Kier alpha value is -2.92. The molecule has 0 aliphatic rings. The van der Waals surface area contributed by atoms with Crippen molar-refractivity contribution in [3.8, 4) is 5.75 Å². The molecule has 1 heterocycles. The lowest BCUT2D eigenvalue weighted by molar-refractivity contribution is -0.142. The van der Waals surface area contributed by atoms with Gasteiger partial charge in [-0.3, -0.25) is 0 Å². The average Bonchev–Trinajstić information content (AvgIpc) is 2.67. The van der Waals surface area contributed by atoms with Crippen molar-refractivity contribution in [2.45, 2.75) is 32.8 Å².